The van der Waals surface area contributed by atoms with Crippen LogP contribution in [-0.2, 0) is 0 Å². The van der Waals surface area contributed by atoms with Gasteiger partial charge in [-0.25, -0.2) is 4.98 Å². The Balaban J connectivity index is 1.54. The molecule has 24 heavy (non-hydrogen) atoms. The van der Waals surface area contributed by atoms with E-state index in [0.29, 0.717) is 11.5 Å². The van der Waals surface area contributed by atoms with Crippen LogP contribution in [0, 0.1) is 0 Å². The normalized spacial score (nSPS) is 10.9. The van der Waals surface area contributed by atoms with Crippen LogP contribution in [0.25, 0.3) is 21.7 Å². The summed E-state index contributed by atoms with van der Waals surface area (Å²) in [7, 11) is 0. The van der Waals surface area contributed by atoms with Gasteiger partial charge in [0, 0.05) is 15.6 Å². The largest absolute Gasteiger partial charge is 0.403 e. The van der Waals surface area contributed by atoms with E-state index in [1.54, 1.807) is 17.6 Å². The number of hydrogen-bond acceptors (Lipinski definition) is 6. The third kappa shape index (κ3) is 2.93. The van der Waals surface area contributed by atoms with Crippen molar-refractivity contribution in [3.8, 4) is 11.5 Å². The van der Waals surface area contributed by atoms with Gasteiger partial charge in [0.2, 0.25) is 5.89 Å². The molecule has 0 atom stereocenters. The Bertz CT molecular complexity index is 1030. The standard InChI is InChI=1S/C16H9BrN4O2S/c17-11-4-1-9(2-5-11)15-20-21-16(23-15)19-14(22)10-3-6-12-13(7-10)24-8-18-12/h1-8H,(H,19,21,22). The van der Waals surface area contributed by atoms with Gasteiger partial charge >= 0.3 is 6.01 Å². The van der Waals surface area contributed by atoms with Gasteiger partial charge in [0.15, 0.2) is 0 Å². The highest BCUT2D eigenvalue weighted by molar-refractivity contribution is 9.10. The number of carbonyl (C=O) groups excluding carboxylic acids is 1. The summed E-state index contributed by atoms with van der Waals surface area (Å²) in [5.74, 6) is 0.0343. The number of thiazole rings is 1. The molecule has 2 aromatic carbocycles. The molecule has 0 unspecified atom stereocenters. The van der Waals surface area contributed by atoms with Crippen LogP contribution < -0.4 is 5.32 Å². The first kappa shape index (κ1) is 15.0. The summed E-state index contributed by atoms with van der Waals surface area (Å²) in [6.07, 6.45) is 0. The van der Waals surface area contributed by atoms with Gasteiger partial charge in [-0.15, -0.1) is 16.4 Å². The second-order valence-electron chi connectivity index (χ2n) is 4.91. The van der Waals surface area contributed by atoms with Crippen molar-refractivity contribution in [2.24, 2.45) is 0 Å². The van der Waals surface area contributed by atoms with Crippen molar-refractivity contribution in [2.45, 2.75) is 0 Å². The van der Waals surface area contributed by atoms with Crippen LogP contribution >= 0.6 is 27.3 Å². The van der Waals surface area contributed by atoms with Crippen LogP contribution in [0.5, 0.6) is 0 Å². The summed E-state index contributed by atoms with van der Waals surface area (Å²) in [6.45, 7) is 0. The number of aromatic nitrogens is 3. The molecule has 0 aliphatic heterocycles. The molecule has 0 fully saturated rings. The molecule has 118 valence electrons. The minimum Gasteiger partial charge on any atom is -0.403 e. The van der Waals surface area contributed by atoms with E-state index < -0.39 is 0 Å². The molecule has 0 spiro atoms. The van der Waals surface area contributed by atoms with Crippen molar-refractivity contribution in [2.75, 3.05) is 5.32 Å². The Hall–Kier alpha value is -2.58. The number of benzene rings is 2. The average molecular weight is 401 g/mol. The topological polar surface area (TPSA) is 80.9 Å². The maximum absolute atomic E-state index is 12.3. The molecule has 8 heteroatoms. The lowest BCUT2D eigenvalue weighted by molar-refractivity contribution is 0.102. The van der Waals surface area contributed by atoms with Gasteiger partial charge in [0.1, 0.15) is 0 Å². The van der Waals surface area contributed by atoms with Crippen LogP contribution in [0.4, 0.5) is 6.01 Å². The minimum absolute atomic E-state index is 0.0577. The molecule has 0 saturated carbocycles. The molecule has 6 nitrogen and oxygen atoms in total. The summed E-state index contributed by atoms with van der Waals surface area (Å²) in [5, 5.41) is 10.4. The third-order valence-electron chi connectivity index (χ3n) is 3.33. The predicted molar refractivity (Wildman–Crippen MR) is 95.0 cm³/mol. The second kappa shape index (κ2) is 6.14. The zero-order valence-corrected chi connectivity index (χ0v) is 14.5. The summed E-state index contributed by atoms with van der Waals surface area (Å²) in [4.78, 5) is 16.5. The Labute approximate surface area is 148 Å². The first-order chi connectivity index (χ1) is 11.7. The van der Waals surface area contributed by atoms with Crippen LogP contribution in [0.15, 0.2) is 56.9 Å². The molecule has 0 saturated heterocycles. The van der Waals surface area contributed by atoms with Crippen molar-refractivity contribution in [3.05, 3.63) is 58.0 Å². The first-order valence-corrected chi connectivity index (χ1v) is 8.60. The van der Waals surface area contributed by atoms with Gasteiger partial charge in [-0.1, -0.05) is 21.0 Å². The minimum atomic E-state index is -0.309. The van der Waals surface area contributed by atoms with Gasteiger partial charge in [-0.05, 0) is 42.5 Å². The highest BCUT2D eigenvalue weighted by Crippen LogP contribution is 2.23. The fourth-order valence-corrected chi connectivity index (χ4v) is 3.13. The van der Waals surface area contributed by atoms with E-state index in [-0.39, 0.29) is 11.9 Å². The molecule has 1 N–H and O–H groups in total. The molecular weight excluding hydrogens is 392 g/mol. The van der Waals surface area contributed by atoms with Crippen LogP contribution in [-0.4, -0.2) is 21.1 Å². The highest BCUT2D eigenvalue weighted by Gasteiger charge is 2.13. The second-order valence-corrected chi connectivity index (χ2v) is 6.71. The maximum Gasteiger partial charge on any atom is 0.322 e. The Morgan fingerprint density at radius 2 is 1.96 bits per heavy atom. The molecule has 0 radical (unpaired) electrons. The Kier molecular flexibility index (Phi) is 3.83. The third-order valence-corrected chi connectivity index (χ3v) is 4.65. The highest BCUT2D eigenvalue weighted by atomic mass is 79.9. The average Bonchev–Trinajstić information content (AvgIpc) is 3.24. The van der Waals surface area contributed by atoms with Gasteiger partial charge in [0.25, 0.3) is 5.91 Å². The van der Waals surface area contributed by atoms with Gasteiger partial charge in [-0.2, -0.15) is 0 Å². The number of halogens is 1. The number of amides is 1. The maximum atomic E-state index is 12.3. The lowest BCUT2D eigenvalue weighted by atomic mass is 10.2. The SMILES string of the molecule is O=C(Nc1nnc(-c2ccc(Br)cc2)o1)c1ccc2ncsc2c1. The number of hydrogen-bond donors (Lipinski definition) is 1. The van der Waals surface area contributed by atoms with E-state index in [1.807, 2.05) is 30.3 Å². The Morgan fingerprint density at radius 1 is 1.12 bits per heavy atom. The molecule has 1 amide bonds. The number of nitrogens with zero attached hydrogens (tertiary/aromatic N) is 3. The molecule has 0 aliphatic carbocycles. The zero-order valence-electron chi connectivity index (χ0n) is 12.1. The molecular formula is C16H9BrN4O2S. The molecule has 4 rings (SSSR count). The Morgan fingerprint density at radius 3 is 2.79 bits per heavy atom. The molecule has 4 aromatic rings. The van der Waals surface area contributed by atoms with Gasteiger partial charge in [-0.3, -0.25) is 10.1 Å². The van der Waals surface area contributed by atoms with E-state index in [9.17, 15) is 4.79 Å². The van der Waals surface area contributed by atoms with Crippen molar-refractivity contribution < 1.29 is 9.21 Å². The number of rotatable bonds is 3. The summed E-state index contributed by atoms with van der Waals surface area (Å²) >= 11 is 4.85. The van der Waals surface area contributed by atoms with Crippen molar-refractivity contribution in [1.29, 1.82) is 0 Å². The van der Waals surface area contributed by atoms with Crippen LogP contribution in [0.3, 0.4) is 0 Å². The first-order valence-electron chi connectivity index (χ1n) is 6.93. The fourth-order valence-electron chi connectivity index (χ4n) is 2.15. The van der Waals surface area contributed by atoms with Crippen LogP contribution in [0.1, 0.15) is 10.4 Å². The van der Waals surface area contributed by atoms with E-state index in [2.05, 4.69) is 36.4 Å². The molecule has 0 bridgehead atoms. The van der Waals surface area contributed by atoms with E-state index in [1.165, 1.54) is 11.3 Å². The van der Waals surface area contributed by atoms with Gasteiger partial charge in [0.05, 0.1) is 15.7 Å². The smallest absolute Gasteiger partial charge is 0.322 e. The van der Waals surface area contributed by atoms with Crippen LogP contribution in [0.2, 0.25) is 0 Å². The number of fused-ring (bicyclic) bond motifs is 1. The van der Waals surface area contributed by atoms with Crippen molar-refractivity contribution in [3.63, 3.8) is 0 Å². The fraction of sp³-hybridized carbons (Fsp3) is 0. The van der Waals surface area contributed by atoms with Gasteiger partial charge < -0.3 is 4.42 Å². The molecule has 0 aliphatic rings. The molecule has 2 heterocycles. The lowest BCUT2D eigenvalue weighted by Crippen LogP contribution is -2.11. The molecule has 2 aromatic heterocycles. The van der Waals surface area contributed by atoms with E-state index in [0.717, 1.165) is 20.3 Å². The predicted octanol–water partition coefficient (Wildman–Crippen LogP) is 4.36. The number of anilines is 1. The number of carbonyl (C=O) groups is 1. The lowest BCUT2D eigenvalue weighted by Gasteiger charge is -2.00. The summed E-state index contributed by atoms with van der Waals surface area (Å²) in [5.41, 5.74) is 3.90. The van der Waals surface area contributed by atoms with Crippen molar-refractivity contribution >= 4 is 49.4 Å². The monoisotopic (exact) mass is 400 g/mol. The summed E-state index contributed by atoms with van der Waals surface area (Å²) < 4.78 is 7.40. The van der Waals surface area contributed by atoms with E-state index in [4.69, 9.17) is 4.42 Å². The summed E-state index contributed by atoms with van der Waals surface area (Å²) in [6, 6.07) is 12.8. The zero-order chi connectivity index (χ0) is 16.5. The quantitative estimate of drug-likeness (QED) is 0.552. The van der Waals surface area contributed by atoms with E-state index >= 15 is 0 Å². The number of nitrogens with one attached hydrogen (secondary N) is 1. The van der Waals surface area contributed by atoms with Crippen molar-refractivity contribution in [1.82, 2.24) is 15.2 Å².